The predicted molar refractivity (Wildman–Crippen MR) is 45.9 cm³/mol. The molecule has 0 aromatic carbocycles. The minimum absolute atomic E-state index is 0.270. The average Bonchev–Trinajstić information content (AvgIpc) is 2.45. The third kappa shape index (κ3) is 1.01. The van der Waals surface area contributed by atoms with Crippen LogP contribution in [0.1, 0.15) is 39.5 Å². The molecule has 0 N–H and O–H groups in total. The zero-order chi connectivity index (χ0) is 8.77. The van der Waals surface area contributed by atoms with Gasteiger partial charge in [0.2, 0.25) is 0 Å². The van der Waals surface area contributed by atoms with Gasteiger partial charge in [0, 0.05) is 6.42 Å². The molecule has 0 unspecified atom stereocenters. The van der Waals surface area contributed by atoms with Gasteiger partial charge in [0.15, 0.2) is 5.78 Å². The van der Waals surface area contributed by atoms with Gasteiger partial charge in [0.05, 0.1) is 6.10 Å². The Morgan fingerprint density at radius 3 is 2.67 bits per heavy atom. The summed E-state index contributed by atoms with van der Waals surface area (Å²) in [6, 6.07) is 0. The summed E-state index contributed by atoms with van der Waals surface area (Å²) in [5, 5.41) is 0. The second kappa shape index (κ2) is 2.56. The molecule has 0 amide bonds. The highest BCUT2D eigenvalue weighted by Gasteiger charge is 2.50. The van der Waals surface area contributed by atoms with Crippen molar-refractivity contribution in [1.82, 2.24) is 0 Å². The van der Waals surface area contributed by atoms with Crippen LogP contribution >= 0.6 is 0 Å². The van der Waals surface area contributed by atoms with Crippen LogP contribution in [0.15, 0.2) is 0 Å². The zero-order valence-electron chi connectivity index (χ0n) is 7.80. The first kappa shape index (κ1) is 8.24. The summed E-state index contributed by atoms with van der Waals surface area (Å²) in [4.78, 5) is 11.6. The molecule has 2 heteroatoms. The van der Waals surface area contributed by atoms with Gasteiger partial charge in [-0.15, -0.1) is 0 Å². The molecule has 0 bridgehead atoms. The standard InChI is InChI=1S/C10H16O2/c1-7-6-10(12-8(7)2)5-3-4-9(10)11/h7-8H,3-6H2,1-2H3/t7-,8+,10+/m1/s1. The van der Waals surface area contributed by atoms with Crippen LogP contribution in [-0.4, -0.2) is 17.5 Å². The van der Waals surface area contributed by atoms with E-state index in [4.69, 9.17) is 4.74 Å². The maximum atomic E-state index is 11.6. The van der Waals surface area contributed by atoms with Gasteiger partial charge in [-0.2, -0.15) is 0 Å². The summed E-state index contributed by atoms with van der Waals surface area (Å²) < 4.78 is 5.78. The quantitative estimate of drug-likeness (QED) is 0.552. The number of hydrogen-bond donors (Lipinski definition) is 0. The fourth-order valence-electron chi connectivity index (χ4n) is 2.45. The maximum Gasteiger partial charge on any atom is 0.164 e. The maximum absolute atomic E-state index is 11.6. The Morgan fingerprint density at radius 1 is 1.50 bits per heavy atom. The number of rotatable bonds is 0. The highest BCUT2D eigenvalue weighted by atomic mass is 16.5. The normalized spacial score (nSPS) is 47.7. The van der Waals surface area contributed by atoms with Crippen LogP contribution in [0.3, 0.4) is 0 Å². The van der Waals surface area contributed by atoms with E-state index in [2.05, 4.69) is 13.8 Å². The van der Waals surface area contributed by atoms with Crippen LogP contribution in [0.2, 0.25) is 0 Å². The number of ketones is 1. The molecule has 1 heterocycles. The molecule has 2 fully saturated rings. The van der Waals surface area contributed by atoms with Crippen LogP contribution in [0, 0.1) is 5.92 Å². The van der Waals surface area contributed by atoms with E-state index < -0.39 is 0 Å². The first-order chi connectivity index (χ1) is 5.64. The molecule has 0 radical (unpaired) electrons. The first-order valence-corrected chi connectivity index (χ1v) is 4.85. The second-order valence-corrected chi connectivity index (χ2v) is 4.28. The van der Waals surface area contributed by atoms with E-state index in [1.807, 2.05) is 0 Å². The van der Waals surface area contributed by atoms with Gasteiger partial charge < -0.3 is 4.74 Å². The lowest BCUT2D eigenvalue weighted by atomic mass is 9.91. The van der Waals surface area contributed by atoms with Crippen molar-refractivity contribution in [3.63, 3.8) is 0 Å². The molecular formula is C10H16O2. The van der Waals surface area contributed by atoms with Crippen molar-refractivity contribution >= 4 is 5.78 Å². The van der Waals surface area contributed by atoms with Crippen molar-refractivity contribution < 1.29 is 9.53 Å². The largest absolute Gasteiger partial charge is 0.364 e. The van der Waals surface area contributed by atoms with Crippen molar-refractivity contribution in [2.45, 2.75) is 51.2 Å². The molecule has 2 nitrogen and oxygen atoms in total. The Balaban J connectivity index is 2.18. The highest BCUT2D eigenvalue weighted by Crippen LogP contribution is 2.43. The van der Waals surface area contributed by atoms with E-state index in [0.717, 1.165) is 25.7 Å². The summed E-state index contributed by atoms with van der Waals surface area (Å²) in [5.41, 5.74) is -0.348. The summed E-state index contributed by atoms with van der Waals surface area (Å²) >= 11 is 0. The van der Waals surface area contributed by atoms with E-state index in [9.17, 15) is 4.79 Å². The Hall–Kier alpha value is -0.370. The summed E-state index contributed by atoms with van der Waals surface area (Å²) in [6.45, 7) is 4.25. The van der Waals surface area contributed by atoms with E-state index in [-0.39, 0.29) is 11.7 Å². The van der Waals surface area contributed by atoms with Gasteiger partial charge in [-0.25, -0.2) is 0 Å². The van der Waals surface area contributed by atoms with Crippen molar-refractivity contribution in [2.75, 3.05) is 0 Å². The monoisotopic (exact) mass is 168 g/mol. The van der Waals surface area contributed by atoms with Gasteiger partial charge in [0.1, 0.15) is 5.60 Å². The summed E-state index contributed by atoms with van der Waals surface area (Å²) in [6.07, 6.45) is 3.94. The second-order valence-electron chi connectivity index (χ2n) is 4.28. The van der Waals surface area contributed by atoms with E-state index in [1.54, 1.807) is 0 Å². The molecule has 2 rings (SSSR count). The lowest BCUT2D eigenvalue weighted by Crippen LogP contribution is -2.33. The Labute approximate surface area is 73.3 Å². The van der Waals surface area contributed by atoms with Gasteiger partial charge in [0.25, 0.3) is 0 Å². The minimum atomic E-state index is -0.348. The van der Waals surface area contributed by atoms with Gasteiger partial charge >= 0.3 is 0 Å². The number of carbonyl (C=O) groups is 1. The molecule has 0 aromatic rings. The number of ether oxygens (including phenoxy) is 1. The van der Waals surface area contributed by atoms with Gasteiger partial charge in [-0.1, -0.05) is 6.92 Å². The Kier molecular flexibility index (Phi) is 1.76. The van der Waals surface area contributed by atoms with Crippen molar-refractivity contribution in [1.29, 1.82) is 0 Å². The molecule has 1 aliphatic carbocycles. The van der Waals surface area contributed by atoms with Gasteiger partial charge in [-0.3, -0.25) is 4.79 Å². The third-order valence-corrected chi connectivity index (χ3v) is 3.36. The number of Topliss-reactive ketones (excluding diaryl/α,β-unsaturated/α-hetero) is 1. The molecule has 1 aliphatic heterocycles. The topological polar surface area (TPSA) is 26.3 Å². The lowest BCUT2D eigenvalue weighted by molar-refractivity contribution is -0.138. The predicted octanol–water partition coefficient (Wildman–Crippen LogP) is 1.92. The minimum Gasteiger partial charge on any atom is -0.364 e. The molecule has 0 aromatic heterocycles. The van der Waals surface area contributed by atoms with Gasteiger partial charge in [-0.05, 0) is 32.1 Å². The molecular weight excluding hydrogens is 152 g/mol. The van der Waals surface area contributed by atoms with Crippen LogP contribution in [0.4, 0.5) is 0 Å². The van der Waals surface area contributed by atoms with Crippen molar-refractivity contribution in [2.24, 2.45) is 5.92 Å². The van der Waals surface area contributed by atoms with E-state index in [1.165, 1.54) is 0 Å². The van der Waals surface area contributed by atoms with Crippen LogP contribution in [-0.2, 0) is 9.53 Å². The summed E-state index contributed by atoms with van der Waals surface area (Å²) in [5.74, 6) is 0.894. The van der Waals surface area contributed by atoms with Crippen LogP contribution in [0.25, 0.3) is 0 Å². The average molecular weight is 168 g/mol. The third-order valence-electron chi connectivity index (χ3n) is 3.36. The lowest BCUT2D eigenvalue weighted by Gasteiger charge is -2.20. The fraction of sp³-hybridized carbons (Fsp3) is 0.900. The molecule has 1 saturated heterocycles. The summed E-state index contributed by atoms with van der Waals surface area (Å²) in [7, 11) is 0. The van der Waals surface area contributed by atoms with Crippen LogP contribution in [0.5, 0.6) is 0 Å². The molecule has 12 heavy (non-hydrogen) atoms. The molecule has 1 saturated carbocycles. The molecule has 1 spiro atoms. The van der Waals surface area contributed by atoms with Crippen molar-refractivity contribution in [3.05, 3.63) is 0 Å². The zero-order valence-corrected chi connectivity index (χ0v) is 7.80. The molecule has 3 atom stereocenters. The fourth-order valence-corrected chi connectivity index (χ4v) is 2.45. The number of hydrogen-bond acceptors (Lipinski definition) is 2. The van der Waals surface area contributed by atoms with E-state index >= 15 is 0 Å². The highest BCUT2D eigenvalue weighted by molar-refractivity contribution is 5.89. The van der Waals surface area contributed by atoms with Crippen LogP contribution < -0.4 is 0 Å². The van der Waals surface area contributed by atoms with Crippen molar-refractivity contribution in [3.8, 4) is 0 Å². The number of carbonyl (C=O) groups excluding carboxylic acids is 1. The molecule has 2 aliphatic rings. The van der Waals surface area contributed by atoms with E-state index in [0.29, 0.717) is 11.7 Å². The Bertz CT molecular complexity index is 200. The smallest absolute Gasteiger partial charge is 0.164 e. The molecule has 68 valence electrons. The Morgan fingerprint density at radius 2 is 2.25 bits per heavy atom. The SMILES string of the molecule is C[C@@H]1C[C@]2(CCCC2=O)O[C@H]1C. The first-order valence-electron chi connectivity index (χ1n) is 4.85.